The van der Waals surface area contributed by atoms with Crippen LogP contribution >= 0.6 is 11.6 Å². The van der Waals surface area contributed by atoms with E-state index in [0.29, 0.717) is 11.3 Å². The topological polar surface area (TPSA) is 55.5 Å². The van der Waals surface area contributed by atoms with Gasteiger partial charge in [-0.15, -0.1) is 0 Å². The summed E-state index contributed by atoms with van der Waals surface area (Å²) in [6.07, 6.45) is -0.946. The lowest BCUT2D eigenvalue weighted by atomic mass is 9.88. The summed E-state index contributed by atoms with van der Waals surface area (Å²) in [5, 5.41) is 10.5. The van der Waals surface area contributed by atoms with Crippen molar-refractivity contribution >= 4 is 11.6 Å². The van der Waals surface area contributed by atoms with Crippen molar-refractivity contribution in [3.63, 3.8) is 0 Å². The van der Waals surface area contributed by atoms with Crippen molar-refractivity contribution in [2.45, 2.75) is 12.0 Å². The van der Waals surface area contributed by atoms with Crippen molar-refractivity contribution in [1.82, 2.24) is 0 Å². The maximum Gasteiger partial charge on any atom is 0.142 e. The zero-order valence-electron chi connectivity index (χ0n) is 11.6. The molecular weight excluding hydrogens is 293 g/mol. The molecule has 0 saturated heterocycles. The van der Waals surface area contributed by atoms with E-state index in [-0.39, 0.29) is 11.6 Å². The molecule has 0 fully saturated rings. The van der Waals surface area contributed by atoms with Crippen molar-refractivity contribution in [3.8, 4) is 5.75 Å². The van der Waals surface area contributed by atoms with Crippen LogP contribution in [0.15, 0.2) is 42.5 Å². The van der Waals surface area contributed by atoms with Crippen molar-refractivity contribution in [3.05, 3.63) is 64.4 Å². The van der Waals surface area contributed by atoms with E-state index in [1.807, 2.05) is 18.2 Å². The molecule has 2 aromatic carbocycles. The number of aliphatic hydroxyl groups is 1. The summed E-state index contributed by atoms with van der Waals surface area (Å²) in [5.74, 6) is -0.327. The zero-order valence-corrected chi connectivity index (χ0v) is 12.3. The van der Waals surface area contributed by atoms with Gasteiger partial charge < -0.3 is 15.6 Å². The van der Waals surface area contributed by atoms with Gasteiger partial charge in [0, 0.05) is 18.0 Å². The maximum atomic E-state index is 13.6. The van der Waals surface area contributed by atoms with Gasteiger partial charge in [0.1, 0.15) is 11.6 Å². The van der Waals surface area contributed by atoms with Crippen LogP contribution in [0, 0.1) is 5.82 Å². The van der Waals surface area contributed by atoms with Gasteiger partial charge in [-0.3, -0.25) is 0 Å². The SMILES string of the molecule is COc1ccccc1C(CN)C(O)c1ccc(Cl)c(F)c1. The van der Waals surface area contributed by atoms with Crippen molar-refractivity contribution in [1.29, 1.82) is 0 Å². The fourth-order valence-electron chi connectivity index (χ4n) is 2.33. The van der Waals surface area contributed by atoms with Crippen LogP contribution in [0.4, 0.5) is 4.39 Å². The molecular formula is C16H17ClFNO2. The fraction of sp³-hybridized carbons (Fsp3) is 0.250. The largest absolute Gasteiger partial charge is 0.496 e. The van der Waals surface area contributed by atoms with Crippen LogP contribution < -0.4 is 10.5 Å². The molecule has 2 aromatic rings. The Morgan fingerprint density at radius 1 is 1.29 bits per heavy atom. The Bertz CT molecular complexity index is 621. The molecule has 0 aliphatic rings. The summed E-state index contributed by atoms with van der Waals surface area (Å²) < 4.78 is 18.9. The molecule has 0 bridgehead atoms. The van der Waals surface area contributed by atoms with Gasteiger partial charge in [-0.2, -0.15) is 0 Å². The lowest BCUT2D eigenvalue weighted by Crippen LogP contribution is -2.21. The van der Waals surface area contributed by atoms with Gasteiger partial charge in [0.2, 0.25) is 0 Å². The lowest BCUT2D eigenvalue weighted by Gasteiger charge is -2.24. The molecule has 21 heavy (non-hydrogen) atoms. The van der Waals surface area contributed by atoms with E-state index in [1.165, 1.54) is 12.1 Å². The third-order valence-electron chi connectivity index (χ3n) is 3.46. The number of hydrogen-bond donors (Lipinski definition) is 2. The highest BCUT2D eigenvalue weighted by Crippen LogP contribution is 2.36. The number of methoxy groups -OCH3 is 1. The second-order valence-corrected chi connectivity index (χ2v) is 5.11. The molecule has 0 spiro atoms. The van der Waals surface area contributed by atoms with E-state index in [9.17, 15) is 9.50 Å². The first-order valence-electron chi connectivity index (χ1n) is 6.54. The maximum absolute atomic E-state index is 13.6. The monoisotopic (exact) mass is 309 g/mol. The predicted molar refractivity (Wildman–Crippen MR) is 81.2 cm³/mol. The normalized spacial score (nSPS) is 13.8. The highest BCUT2D eigenvalue weighted by atomic mass is 35.5. The number of hydrogen-bond acceptors (Lipinski definition) is 3. The Morgan fingerprint density at radius 2 is 2.00 bits per heavy atom. The van der Waals surface area contributed by atoms with Crippen LogP contribution in [0.5, 0.6) is 5.75 Å². The number of rotatable bonds is 5. The highest BCUT2D eigenvalue weighted by molar-refractivity contribution is 6.30. The van der Waals surface area contributed by atoms with E-state index >= 15 is 0 Å². The molecule has 0 amide bonds. The minimum absolute atomic E-state index is 0.0209. The second kappa shape index (κ2) is 6.89. The zero-order chi connectivity index (χ0) is 15.4. The summed E-state index contributed by atoms with van der Waals surface area (Å²) in [7, 11) is 1.56. The third-order valence-corrected chi connectivity index (χ3v) is 3.77. The van der Waals surface area contributed by atoms with E-state index in [4.69, 9.17) is 22.1 Å². The molecule has 112 valence electrons. The standard InChI is InChI=1S/C16H17ClFNO2/c1-21-15-5-3-2-4-11(15)12(9-19)16(20)10-6-7-13(17)14(18)8-10/h2-8,12,16,20H,9,19H2,1H3. The Morgan fingerprint density at radius 3 is 2.62 bits per heavy atom. The number of halogens is 2. The first-order chi connectivity index (χ1) is 10.1. The fourth-order valence-corrected chi connectivity index (χ4v) is 2.44. The van der Waals surface area contributed by atoms with Crippen LogP contribution in [0.25, 0.3) is 0 Å². The average Bonchev–Trinajstić information content (AvgIpc) is 2.51. The number of nitrogens with two attached hydrogens (primary N) is 1. The molecule has 0 aliphatic heterocycles. The molecule has 3 N–H and O–H groups in total. The minimum atomic E-state index is -0.946. The summed E-state index contributed by atoms with van der Waals surface area (Å²) >= 11 is 5.66. The quantitative estimate of drug-likeness (QED) is 0.891. The van der Waals surface area contributed by atoms with Gasteiger partial charge in [-0.25, -0.2) is 4.39 Å². The van der Waals surface area contributed by atoms with Crippen LogP contribution in [0.3, 0.4) is 0 Å². The number of benzene rings is 2. The summed E-state index contributed by atoms with van der Waals surface area (Å²) in [5.41, 5.74) is 7.01. The van der Waals surface area contributed by atoms with Gasteiger partial charge >= 0.3 is 0 Å². The van der Waals surface area contributed by atoms with Crippen LogP contribution in [-0.2, 0) is 0 Å². The average molecular weight is 310 g/mol. The van der Waals surface area contributed by atoms with Crippen LogP contribution in [0.2, 0.25) is 5.02 Å². The van der Waals surface area contributed by atoms with Gasteiger partial charge in [0.15, 0.2) is 0 Å². The lowest BCUT2D eigenvalue weighted by molar-refractivity contribution is 0.145. The number of para-hydroxylation sites is 1. The smallest absolute Gasteiger partial charge is 0.142 e. The summed E-state index contributed by atoms with van der Waals surface area (Å²) in [6.45, 7) is 0.200. The first kappa shape index (κ1) is 15.8. The van der Waals surface area contributed by atoms with Crippen LogP contribution in [-0.4, -0.2) is 18.8 Å². The molecule has 2 unspecified atom stereocenters. The van der Waals surface area contributed by atoms with E-state index in [1.54, 1.807) is 19.2 Å². The van der Waals surface area contributed by atoms with E-state index < -0.39 is 17.8 Å². The number of ether oxygens (including phenoxy) is 1. The molecule has 0 aliphatic carbocycles. The van der Waals surface area contributed by atoms with Crippen molar-refractivity contribution in [2.24, 2.45) is 5.73 Å². The van der Waals surface area contributed by atoms with Gasteiger partial charge in [0.05, 0.1) is 18.2 Å². The minimum Gasteiger partial charge on any atom is -0.496 e. The van der Waals surface area contributed by atoms with Gasteiger partial charge in [-0.1, -0.05) is 35.9 Å². The summed E-state index contributed by atoms with van der Waals surface area (Å²) in [6, 6.07) is 11.6. The molecule has 2 rings (SSSR count). The molecule has 0 radical (unpaired) electrons. The Kier molecular flexibility index (Phi) is 5.17. The Labute approximate surface area is 128 Å². The Hall–Kier alpha value is -1.62. The van der Waals surface area contributed by atoms with Gasteiger partial charge in [0.25, 0.3) is 0 Å². The third kappa shape index (κ3) is 3.35. The van der Waals surface area contributed by atoms with E-state index in [0.717, 1.165) is 5.56 Å². The molecule has 0 saturated carbocycles. The number of aliphatic hydroxyl groups excluding tert-OH is 1. The van der Waals surface area contributed by atoms with Crippen molar-refractivity contribution in [2.75, 3.05) is 13.7 Å². The summed E-state index contributed by atoms with van der Waals surface area (Å²) in [4.78, 5) is 0. The van der Waals surface area contributed by atoms with Crippen molar-refractivity contribution < 1.29 is 14.2 Å². The predicted octanol–water partition coefficient (Wildman–Crippen LogP) is 3.26. The highest BCUT2D eigenvalue weighted by Gasteiger charge is 2.24. The van der Waals surface area contributed by atoms with E-state index in [2.05, 4.69) is 0 Å². The first-order valence-corrected chi connectivity index (χ1v) is 6.92. The molecule has 3 nitrogen and oxygen atoms in total. The Balaban J connectivity index is 2.38. The van der Waals surface area contributed by atoms with Crippen LogP contribution in [0.1, 0.15) is 23.1 Å². The molecule has 2 atom stereocenters. The second-order valence-electron chi connectivity index (χ2n) is 4.70. The van der Waals surface area contributed by atoms with Gasteiger partial charge in [-0.05, 0) is 23.8 Å². The molecule has 0 aromatic heterocycles. The molecule has 5 heteroatoms. The molecule has 0 heterocycles.